The molecule has 1 aliphatic heterocycles. The molecule has 2 atom stereocenters. The third kappa shape index (κ3) is 4.66. The van der Waals surface area contributed by atoms with E-state index in [1.54, 1.807) is 0 Å². The summed E-state index contributed by atoms with van der Waals surface area (Å²) in [6, 6.07) is 10.7. The van der Waals surface area contributed by atoms with Gasteiger partial charge in [-0.2, -0.15) is 0 Å². The third-order valence-electron chi connectivity index (χ3n) is 3.61. The van der Waals surface area contributed by atoms with Crippen LogP contribution in [-0.4, -0.2) is 12.7 Å². The quantitative estimate of drug-likeness (QED) is 0.551. The van der Waals surface area contributed by atoms with E-state index in [1.807, 2.05) is 0 Å². The molecule has 0 unspecified atom stereocenters. The minimum atomic E-state index is 0.366. The van der Waals surface area contributed by atoms with Crippen molar-refractivity contribution in [2.75, 3.05) is 6.61 Å². The van der Waals surface area contributed by atoms with Crippen molar-refractivity contribution in [3.05, 3.63) is 48.0 Å². The van der Waals surface area contributed by atoms with E-state index in [1.165, 1.54) is 31.2 Å². The predicted molar refractivity (Wildman–Crippen MR) is 76.7 cm³/mol. The number of benzene rings is 1. The Bertz CT molecular complexity index is 355. The van der Waals surface area contributed by atoms with Crippen molar-refractivity contribution in [1.29, 1.82) is 0 Å². The van der Waals surface area contributed by atoms with Gasteiger partial charge in [-0.3, -0.25) is 0 Å². The van der Waals surface area contributed by atoms with Gasteiger partial charge in [-0.05, 0) is 43.6 Å². The monoisotopic (exact) mass is 244 g/mol. The Morgan fingerprint density at radius 2 is 2.11 bits per heavy atom. The van der Waals surface area contributed by atoms with Gasteiger partial charge in [0.2, 0.25) is 0 Å². The number of rotatable bonds is 5. The van der Waals surface area contributed by atoms with Crippen LogP contribution in [0.4, 0.5) is 0 Å². The fraction of sp³-hybridized carbons (Fsp3) is 0.529. The maximum Gasteiger partial charge on any atom is 0.0758 e. The highest BCUT2D eigenvalue weighted by Gasteiger charge is 2.16. The SMILES string of the molecule is C[C@H]1CCO[C@@H](/C=C/CCCc2ccccc2)C1. The van der Waals surface area contributed by atoms with Crippen LogP contribution in [-0.2, 0) is 11.2 Å². The molecule has 1 heterocycles. The smallest absolute Gasteiger partial charge is 0.0758 e. The van der Waals surface area contributed by atoms with Gasteiger partial charge in [-0.1, -0.05) is 49.4 Å². The summed E-state index contributed by atoms with van der Waals surface area (Å²) >= 11 is 0. The lowest BCUT2D eigenvalue weighted by atomic mass is 9.97. The zero-order chi connectivity index (χ0) is 12.6. The van der Waals surface area contributed by atoms with Crippen LogP contribution < -0.4 is 0 Å². The second-order valence-corrected chi connectivity index (χ2v) is 5.34. The fourth-order valence-electron chi connectivity index (χ4n) is 2.45. The molecule has 0 radical (unpaired) electrons. The molecule has 0 saturated carbocycles. The molecule has 1 saturated heterocycles. The minimum Gasteiger partial charge on any atom is -0.374 e. The van der Waals surface area contributed by atoms with Crippen molar-refractivity contribution in [3.63, 3.8) is 0 Å². The van der Waals surface area contributed by atoms with E-state index in [0.717, 1.165) is 18.9 Å². The summed E-state index contributed by atoms with van der Waals surface area (Å²) in [5.74, 6) is 0.817. The van der Waals surface area contributed by atoms with Gasteiger partial charge < -0.3 is 4.74 Å². The number of hydrogen-bond acceptors (Lipinski definition) is 1. The maximum absolute atomic E-state index is 5.73. The molecule has 98 valence electrons. The van der Waals surface area contributed by atoms with E-state index in [4.69, 9.17) is 4.74 Å². The molecule has 0 N–H and O–H groups in total. The summed E-state index contributed by atoms with van der Waals surface area (Å²) in [6.45, 7) is 3.25. The van der Waals surface area contributed by atoms with Crippen LogP contribution in [0.1, 0.15) is 38.2 Å². The second kappa shape index (κ2) is 7.38. The molecule has 0 aromatic heterocycles. The molecule has 0 spiro atoms. The minimum absolute atomic E-state index is 0.366. The van der Waals surface area contributed by atoms with Crippen LogP contribution in [0.25, 0.3) is 0 Å². The van der Waals surface area contributed by atoms with Crippen LogP contribution in [0.2, 0.25) is 0 Å². The molecule has 1 fully saturated rings. The number of hydrogen-bond donors (Lipinski definition) is 0. The molecule has 1 aromatic rings. The van der Waals surface area contributed by atoms with E-state index in [0.29, 0.717) is 6.10 Å². The van der Waals surface area contributed by atoms with Crippen LogP contribution in [0.3, 0.4) is 0 Å². The maximum atomic E-state index is 5.73. The molecule has 1 heteroatoms. The normalized spacial score (nSPS) is 24.5. The van der Waals surface area contributed by atoms with Gasteiger partial charge in [0, 0.05) is 6.61 Å². The average molecular weight is 244 g/mol. The topological polar surface area (TPSA) is 9.23 Å². The van der Waals surface area contributed by atoms with Gasteiger partial charge in [-0.25, -0.2) is 0 Å². The largest absolute Gasteiger partial charge is 0.374 e. The number of ether oxygens (including phenoxy) is 1. The molecule has 0 bridgehead atoms. The van der Waals surface area contributed by atoms with Crippen LogP contribution in [0.5, 0.6) is 0 Å². The molecular weight excluding hydrogens is 220 g/mol. The lowest BCUT2D eigenvalue weighted by molar-refractivity contribution is 0.0238. The summed E-state index contributed by atoms with van der Waals surface area (Å²) in [4.78, 5) is 0. The molecule has 1 aliphatic rings. The first-order chi connectivity index (χ1) is 8.84. The van der Waals surface area contributed by atoms with E-state index in [2.05, 4.69) is 49.4 Å². The lowest BCUT2D eigenvalue weighted by Gasteiger charge is -2.24. The number of unbranched alkanes of at least 4 members (excludes halogenated alkanes) is 1. The summed E-state index contributed by atoms with van der Waals surface area (Å²) in [5, 5.41) is 0. The number of allylic oxidation sites excluding steroid dienone is 1. The average Bonchev–Trinajstić information content (AvgIpc) is 2.40. The molecule has 0 aliphatic carbocycles. The molecular formula is C17H24O. The standard InChI is InChI=1S/C17H24O/c1-15-12-13-18-17(14-15)11-7-3-6-10-16-8-4-2-5-9-16/h2,4-5,7-9,11,15,17H,3,6,10,12-14H2,1H3/b11-7+/t15-,17-/m0/s1. The molecule has 1 aromatic carbocycles. The Labute approximate surface area is 111 Å². The zero-order valence-electron chi connectivity index (χ0n) is 11.3. The Morgan fingerprint density at radius 1 is 1.28 bits per heavy atom. The van der Waals surface area contributed by atoms with Crippen LogP contribution >= 0.6 is 0 Å². The third-order valence-corrected chi connectivity index (χ3v) is 3.61. The van der Waals surface area contributed by atoms with Gasteiger partial charge in [0.15, 0.2) is 0 Å². The van der Waals surface area contributed by atoms with Crippen molar-refractivity contribution >= 4 is 0 Å². The second-order valence-electron chi connectivity index (χ2n) is 5.34. The predicted octanol–water partition coefficient (Wildman–Crippen LogP) is 4.38. The first kappa shape index (κ1) is 13.4. The number of aryl methyl sites for hydroxylation is 1. The van der Waals surface area contributed by atoms with Crippen molar-refractivity contribution < 1.29 is 4.74 Å². The highest BCUT2D eigenvalue weighted by Crippen LogP contribution is 2.20. The summed E-state index contributed by atoms with van der Waals surface area (Å²) in [6.07, 6.45) is 10.9. The molecule has 2 rings (SSSR count). The Hall–Kier alpha value is -1.08. The van der Waals surface area contributed by atoms with Gasteiger partial charge in [-0.15, -0.1) is 0 Å². The Morgan fingerprint density at radius 3 is 2.89 bits per heavy atom. The summed E-state index contributed by atoms with van der Waals surface area (Å²) in [7, 11) is 0. The Balaban J connectivity index is 1.63. The first-order valence-electron chi connectivity index (χ1n) is 7.17. The highest BCUT2D eigenvalue weighted by atomic mass is 16.5. The Kier molecular flexibility index (Phi) is 5.47. The van der Waals surface area contributed by atoms with E-state index >= 15 is 0 Å². The zero-order valence-corrected chi connectivity index (χ0v) is 11.3. The van der Waals surface area contributed by atoms with Crippen molar-refractivity contribution in [1.82, 2.24) is 0 Å². The van der Waals surface area contributed by atoms with Crippen molar-refractivity contribution in [3.8, 4) is 0 Å². The van der Waals surface area contributed by atoms with Crippen LogP contribution in [0, 0.1) is 5.92 Å². The highest BCUT2D eigenvalue weighted by molar-refractivity contribution is 5.14. The van der Waals surface area contributed by atoms with Crippen LogP contribution in [0.15, 0.2) is 42.5 Å². The van der Waals surface area contributed by atoms with Gasteiger partial charge >= 0.3 is 0 Å². The van der Waals surface area contributed by atoms with Gasteiger partial charge in [0.05, 0.1) is 6.10 Å². The van der Waals surface area contributed by atoms with E-state index in [9.17, 15) is 0 Å². The lowest BCUT2D eigenvalue weighted by Crippen LogP contribution is -2.22. The van der Waals surface area contributed by atoms with Crippen molar-refractivity contribution in [2.24, 2.45) is 5.92 Å². The van der Waals surface area contributed by atoms with E-state index < -0.39 is 0 Å². The van der Waals surface area contributed by atoms with Gasteiger partial charge in [0.25, 0.3) is 0 Å². The van der Waals surface area contributed by atoms with Crippen molar-refractivity contribution in [2.45, 2.75) is 45.1 Å². The van der Waals surface area contributed by atoms with E-state index in [-0.39, 0.29) is 0 Å². The van der Waals surface area contributed by atoms with Gasteiger partial charge in [0.1, 0.15) is 0 Å². The molecule has 1 nitrogen and oxygen atoms in total. The summed E-state index contributed by atoms with van der Waals surface area (Å²) in [5.41, 5.74) is 1.44. The first-order valence-corrected chi connectivity index (χ1v) is 7.17. The molecule has 18 heavy (non-hydrogen) atoms. The summed E-state index contributed by atoms with van der Waals surface area (Å²) < 4.78 is 5.73. The molecule has 0 amide bonds. The fourth-order valence-corrected chi connectivity index (χ4v) is 2.45.